The number of amides is 1. The molecule has 1 aromatic heterocycles. The number of Topliss-reactive ketones (excluding diaryl/α,β-unsaturated/α-hetero) is 1. The van der Waals surface area contributed by atoms with Crippen LogP contribution in [-0.2, 0) is 11.2 Å². The van der Waals surface area contributed by atoms with E-state index in [-0.39, 0.29) is 17.6 Å². The van der Waals surface area contributed by atoms with E-state index in [9.17, 15) is 9.59 Å². The number of rotatable bonds is 5. The summed E-state index contributed by atoms with van der Waals surface area (Å²) in [5.74, 6) is 0.0237. The minimum Gasteiger partial charge on any atom is -0.302 e. The SMILES string of the molecule is O=C(CC(c1ccccc1)c1ccccc1)Nc1nc2c(s1)C(=O)CCC2. The summed E-state index contributed by atoms with van der Waals surface area (Å²) in [6, 6.07) is 20.1. The fraction of sp³-hybridized carbons (Fsp3) is 0.227. The quantitative estimate of drug-likeness (QED) is 0.694. The molecule has 136 valence electrons. The maximum Gasteiger partial charge on any atom is 0.227 e. The van der Waals surface area contributed by atoms with Crippen LogP contribution in [0.5, 0.6) is 0 Å². The number of nitrogens with zero attached hydrogens (tertiary/aromatic N) is 1. The second-order valence-electron chi connectivity index (χ2n) is 6.70. The molecule has 4 rings (SSSR count). The Labute approximate surface area is 162 Å². The Morgan fingerprint density at radius 2 is 1.63 bits per heavy atom. The van der Waals surface area contributed by atoms with Gasteiger partial charge >= 0.3 is 0 Å². The molecule has 2 aromatic carbocycles. The normalized spacial score (nSPS) is 13.4. The first-order valence-electron chi connectivity index (χ1n) is 9.13. The van der Waals surface area contributed by atoms with Crippen molar-refractivity contribution >= 4 is 28.2 Å². The fourth-order valence-corrected chi connectivity index (χ4v) is 4.47. The Morgan fingerprint density at radius 1 is 1.00 bits per heavy atom. The van der Waals surface area contributed by atoms with Crippen molar-refractivity contribution in [2.45, 2.75) is 31.6 Å². The number of thiazole rings is 1. The van der Waals surface area contributed by atoms with Crippen LogP contribution in [0, 0.1) is 0 Å². The molecule has 0 aliphatic heterocycles. The molecule has 0 spiro atoms. The van der Waals surface area contributed by atoms with Gasteiger partial charge in [-0.2, -0.15) is 0 Å². The molecule has 1 N–H and O–H groups in total. The predicted octanol–water partition coefficient (Wildman–Crippen LogP) is 4.82. The summed E-state index contributed by atoms with van der Waals surface area (Å²) in [5.41, 5.74) is 3.04. The molecule has 0 bridgehead atoms. The molecule has 0 radical (unpaired) electrons. The molecule has 27 heavy (non-hydrogen) atoms. The van der Waals surface area contributed by atoms with Crippen molar-refractivity contribution in [3.05, 3.63) is 82.4 Å². The van der Waals surface area contributed by atoms with Gasteiger partial charge in [-0.15, -0.1) is 0 Å². The molecule has 4 nitrogen and oxygen atoms in total. The smallest absolute Gasteiger partial charge is 0.227 e. The minimum absolute atomic E-state index is 0.0244. The van der Waals surface area contributed by atoms with Crippen molar-refractivity contribution in [2.24, 2.45) is 0 Å². The Morgan fingerprint density at radius 3 is 2.22 bits per heavy atom. The van der Waals surface area contributed by atoms with E-state index in [4.69, 9.17) is 0 Å². The summed E-state index contributed by atoms with van der Waals surface area (Å²) in [6.07, 6.45) is 2.55. The van der Waals surface area contributed by atoms with Crippen molar-refractivity contribution in [1.82, 2.24) is 4.98 Å². The van der Waals surface area contributed by atoms with Crippen LogP contribution >= 0.6 is 11.3 Å². The van der Waals surface area contributed by atoms with Crippen molar-refractivity contribution in [1.29, 1.82) is 0 Å². The number of anilines is 1. The summed E-state index contributed by atoms with van der Waals surface area (Å²) in [4.78, 5) is 29.9. The van der Waals surface area contributed by atoms with Gasteiger partial charge in [-0.3, -0.25) is 9.59 Å². The number of carbonyl (C=O) groups is 2. The van der Waals surface area contributed by atoms with Crippen LogP contribution in [0.15, 0.2) is 60.7 Å². The zero-order chi connectivity index (χ0) is 18.6. The van der Waals surface area contributed by atoms with Crippen LogP contribution in [0.4, 0.5) is 5.13 Å². The van der Waals surface area contributed by atoms with Crippen LogP contribution in [0.1, 0.15) is 51.7 Å². The summed E-state index contributed by atoms with van der Waals surface area (Å²) < 4.78 is 0. The monoisotopic (exact) mass is 376 g/mol. The van der Waals surface area contributed by atoms with Crippen molar-refractivity contribution < 1.29 is 9.59 Å². The standard InChI is InChI=1S/C22H20N2O2S/c25-19-13-7-12-18-21(19)27-22(23-18)24-20(26)14-17(15-8-3-1-4-9-15)16-10-5-2-6-11-16/h1-6,8-11,17H,7,12-14H2,(H,23,24,26). The van der Waals surface area contributed by atoms with Crippen LogP contribution in [0.2, 0.25) is 0 Å². The third kappa shape index (κ3) is 3.98. The maximum absolute atomic E-state index is 12.7. The largest absolute Gasteiger partial charge is 0.302 e. The molecule has 1 aliphatic carbocycles. The summed E-state index contributed by atoms with van der Waals surface area (Å²) in [7, 11) is 0. The lowest BCUT2D eigenvalue weighted by Crippen LogP contribution is -2.16. The highest BCUT2D eigenvalue weighted by Crippen LogP contribution is 2.31. The molecule has 3 aromatic rings. The number of aryl methyl sites for hydroxylation is 1. The second kappa shape index (κ2) is 7.84. The number of nitrogens with one attached hydrogen (secondary N) is 1. The third-order valence-electron chi connectivity index (χ3n) is 4.81. The van der Waals surface area contributed by atoms with E-state index < -0.39 is 0 Å². The Balaban J connectivity index is 1.53. The van der Waals surface area contributed by atoms with E-state index >= 15 is 0 Å². The maximum atomic E-state index is 12.7. The Hall–Kier alpha value is -2.79. The second-order valence-corrected chi connectivity index (χ2v) is 7.70. The van der Waals surface area contributed by atoms with E-state index in [0.29, 0.717) is 22.9 Å². The zero-order valence-corrected chi connectivity index (χ0v) is 15.7. The molecule has 1 amide bonds. The van der Waals surface area contributed by atoms with E-state index in [1.807, 2.05) is 60.7 Å². The lowest BCUT2D eigenvalue weighted by molar-refractivity contribution is -0.116. The number of benzene rings is 2. The molecule has 0 fully saturated rings. The molecular weight excluding hydrogens is 356 g/mol. The highest BCUT2D eigenvalue weighted by molar-refractivity contribution is 7.17. The van der Waals surface area contributed by atoms with Crippen LogP contribution < -0.4 is 5.32 Å². The van der Waals surface area contributed by atoms with Gasteiger partial charge in [-0.25, -0.2) is 4.98 Å². The van der Waals surface area contributed by atoms with Gasteiger partial charge in [0, 0.05) is 18.8 Å². The van der Waals surface area contributed by atoms with E-state index in [1.165, 1.54) is 11.3 Å². The highest BCUT2D eigenvalue weighted by atomic mass is 32.1. The first kappa shape index (κ1) is 17.6. The highest BCUT2D eigenvalue weighted by Gasteiger charge is 2.24. The van der Waals surface area contributed by atoms with Crippen molar-refractivity contribution in [2.75, 3.05) is 5.32 Å². The summed E-state index contributed by atoms with van der Waals surface area (Å²) in [5, 5.41) is 3.43. The van der Waals surface area contributed by atoms with Crippen LogP contribution in [-0.4, -0.2) is 16.7 Å². The summed E-state index contributed by atoms with van der Waals surface area (Å²) in [6.45, 7) is 0. The van der Waals surface area contributed by atoms with Gasteiger partial charge < -0.3 is 5.32 Å². The number of fused-ring (bicyclic) bond motifs is 1. The Bertz CT molecular complexity index is 911. The topological polar surface area (TPSA) is 59.1 Å². The Kier molecular flexibility index (Phi) is 5.12. The fourth-order valence-electron chi connectivity index (χ4n) is 3.48. The summed E-state index contributed by atoms with van der Waals surface area (Å²) >= 11 is 1.30. The first-order valence-corrected chi connectivity index (χ1v) is 9.95. The van der Waals surface area contributed by atoms with Crippen LogP contribution in [0.3, 0.4) is 0 Å². The van der Waals surface area contributed by atoms with E-state index in [1.54, 1.807) is 0 Å². The minimum atomic E-state index is -0.0914. The van der Waals surface area contributed by atoms with Gasteiger partial charge in [0.2, 0.25) is 5.91 Å². The van der Waals surface area contributed by atoms with E-state index in [2.05, 4.69) is 10.3 Å². The van der Waals surface area contributed by atoms with E-state index in [0.717, 1.165) is 29.7 Å². The average Bonchev–Trinajstić information content (AvgIpc) is 3.11. The van der Waals surface area contributed by atoms with Gasteiger partial charge in [-0.05, 0) is 24.0 Å². The van der Waals surface area contributed by atoms with Gasteiger partial charge in [0.15, 0.2) is 10.9 Å². The van der Waals surface area contributed by atoms with Gasteiger partial charge in [0.1, 0.15) is 0 Å². The molecule has 0 atom stereocenters. The number of aromatic nitrogens is 1. The first-order chi connectivity index (χ1) is 13.2. The molecule has 0 saturated carbocycles. The predicted molar refractivity (Wildman–Crippen MR) is 107 cm³/mol. The lowest BCUT2D eigenvalue weighted by Gasteiger charge is -2.17. The third-order valence-corrected chi connectivity index (χ3v) is 5.86. The number of hydrogen-bond acceptors (Lipinski definition) is 4. The molecule has 5 heteroatoms. The van der Waals surface area contributed by atoms with Gasteiger partial charge in [0.05, 0.1) is 10.6 Å². The molecule has 0 saturated heterocycles. The molecule has 1 heterocycles. The van der Waals surface area contributed by atoms with Gasteiger partial charge in [0.25, 0.3) is 0 Å². The number of hydrogen-bond donors (Lipinski definition) is 1. The number of carbonyl (C=O) groups excluding carboxylic acids is 2. The molecular formula is C22H20N2O2S. The molecule has 1 aliphatic rings. The average molecular weight is 376 g/mol. The van der Waals surface area contributed by atoms with Crippen molar-refractivity contribution in [3.8, 4) is 0 Å². The van der Waals surface area contributed by atoms with Gasteiger partial charge in [-0.1, -0.05) is 72.0 Å². The lowest BCUT2D eigenvalue weighted by atomic mass is 9.88. The molecule has 0 unspecified atom stereocenters. The number of ketones is 1. The van der Waals surface area contributed by atoms with Crippen molar-refractivity contribution in [3.63, 3.8) is 0 Å². The van der Waals surface area contributed by atoms with Crippen LogP contribution in [0.25, 0.3) is 0 Å². The zero-order valence-electron chi connectivity index (χ0n) is 14.9.